The van der Waals surface area contributed by atoms with Crippen LogP contribution < -0.4 is 14.9 Å². The van der Waals surface area contributed by atoms with Crippen LogP contribution in [0.3, 0.4) is 0 Å². The summed E-state index contributed by atoms with van der Waals surface area (Å²) >= 11 is 1.32. The number of carbonyl (C=O) groups is 1. The van der Waals surface area contributed by atoms with Crippen molar-refractivity contribution in [2.75, 3.05) is 36.1 Å². The molecule has 0 atom stereocenters. The number of nitrogens with zero attached hydrogens (tertiary/aromatic N) is 3. The molecular weight excluding hydrogens is 455 g/mol. The monoisotopic (exact) mass is 478 g/mol. The Morgan fingerprint density at radius 1 is 1.34 bits per heavy atom. The van der Waals surface area contributed by atoms with E-state index in [-0.39, 0.29) is 11.6 Å². The van der Waals surface area contributed by atoms with E-state index < -0.39 is 21.7 Å². The minimum Gasteiger partial charge on any atom is -0.367 e. The summed E-state index contributed by atoms with van der Waals surface area (Å²) in [7, 11) is -3.24. The van der Waals surface area contributed by atoms with Gasteiger partial charge in [-0.25, -0.2) is 22.5 Å². The quantitative estimate of drug-likeness (QED) is 0.480. The molecule has 3 heterocycles. The number of aromatic nitrogens is 3. The molecule has 0 radical (unpaired) electrons. The first kappa shape index (κ1) is 22.4. The van der Waals surface area contributed by atoms with Crippen LogP contribution in [0.15, 0.2) is 36.0 Å². The van der Waals surface area contributed by atoms with Gasteiger partial charge in [0.1, 0.15) is 16.5 Å². The van der Waals surface area contributed by atoms with E-state index in [1.807, 2.05) is 4.90 Å². The molecule has 0 aliphatic carbocycles. The number of benzene rings is 1. The van der Waals surface area contributed by atoms with Crippen LogP contribution in [0.25, 0.3) is 10.6 Å². The number of aromatic amines is 1. The Balaban J connectivity index is 1.45. The van der Waals surface area contributed by atoms with Crippen LogP contribution in [0.1, 0.15) is 23.3 Å². The van der Waals surface area contributed by atoms with Crippen molar-refractivity contribution in [2.24, 2.45) is 5.92 Å². The lowest BCUT2D eigenvalue weighted by Crippen LogP contribution is -2.39. The predicted molar refractivity (Wildman–Crippen MR) is 122 cm³/mol. The summed E-state index contributed by atoms with van der Waals surface area (Å²) < 4.78 is 39.9. The highest BCUT2D eigenvalue weighted by molar-refractivity contribution is 7.88. The number of thiazole rings is 1. The molecule has 1 aliphatic rings. The Labute approximate surface area is 189 Å². The average molecular weight is 479 g/mol. The van der Waals surface area contributed by atoms with E-state index >= 15 is 0 Å². The number of hydrogen-bond donors (Lipinski definition) is 3. The number of H-pyrrole nitrogens is 1. The number of halogens is 1. The number of carbonyl (C=O) groups excluding carboxylic acids is 1. The molecule has 3 N–H and O–H groups in total. The van der Waals surface area contributed by atoms with Crippen LogP contribution in [0, 0.1) is 11.7 Å². The van der Waals surface area contributed by atoms with Crippen molar-refractivity contribution in [3.05, 3.63) is 47.5 Å². The largest absolute Gasteiger partial charge is 0.367 e. The molecule has 1 aromatic carbocycles. The molecule has 170 valence electrons. The van der Waals surface area contributed by atoms with Crippen molar-refractivity contribution >= 4 is 38.6 Å². The van der Waals surface area contributed by atoms with E-state index in [9.17, 15) is 17.6 Å². The SMILES string of the molecule is CS(=O)(=O)NCC1CCN(c2c(F)cccc2NC(=O)c2csc(-c3cn[nH]c3)n2)CC1. The Bertz CT molecular complexity index is 1190. The molecule has 3 aromatic rings. The Hall–Kier alpha value is -2.83. The van der Waals surface area contributed by atoms with E-state index in [0.29, 0.717) is 48.9 Å². The molecule has 1 saturated heterocycles. The highest BCUT2D eigenvalue weighted by Gasteiger charge is 2.25. The van der Waals surface area contributed by atoms with Gasteiger partial charge in [-0.1, -0.05) is 6.07 Å². The summed E-state index contributed by atoms with van der Waals surface area (Å²) in [6, 6.07) is 4.58. The number of piperidine rings is 1. The Kier molecular flexibility index (Phi) is 6.53. The average Bonchev–Trinajstić information content (AvgIpc) is 3.44. The fourth-order valence-corrected chi connectivity index (χ4v) is 4.95. The van der Waals surface area contributed by atoms with Gasteiger partial charge in [0.05, 0.1) is 23.8 Å². The van der Waals surface area contributed by atoms with Crippen molar-refractivity contribution < 1.29 is 17.6 Å². The zero-order valence-electron chi connectivity index (χ0n) is 17.3. The molecule has 1 aliphatic heterocycles. The van der Waals surface area contributed by atoms with Crippen LogP contribution in [0.4, 0.5) is 15.8 Å². The maximum atomic E-state index is 14.8. The van der Waals surface area contributed by atoms with Crippen LogP contribution >= 0.6 is 11.3 Å². The highest BCUT2D eigenvalue weighted by Crippen LogP contribution is 2.33. The number of rotatable bonds is 7. The number of amides is 1. The third-order valence-corrected chi connectivity index (χ3v) is 6.86. The Morgan fingerprint density at radius 2 is 2.12 bits per heavy atom. The first-order valence-electron chi connectivity index (χ1n) is 10.0. The maximum Gasteiger partial charge on any atom is 0.275 e. The predicted octanol–water partition coefficient (Wildman–Crippen LogP) is 2.69. The van der Waals surface area contributed by atoms with Crippen molar-refractivity contribution in [3.63, 3.8) is 0 Å². The molecule has 1 fully saturated rings. The van der Waals surface area contributed by atoms with Gasteiger partial charge in [-0.15, -0.1) is 11.3 Å². The van der Waals surface area contributed by atoms with Crippen LogP contribution in [0.2, 0.25) is 0 Å². The van der Waals surface area contributed by atoms with Crippen LogP contribution in [0.5, 0.6) is 0 Å². The molecule has 0 saturated carbocycles. The standard InChI is InChI=1S/C20H23FN6O3S2/c1-32(29,30)24-9-13-5-7-27(8-6-13)18-15(21)3-2-4-16(18)25-19(28)17-12-31-20(26-17)14-10-22-23-11-14/h2-4,10-13,24H,5-9H2,1H3,(H,22,23)(H,25,28). The number of nitrogens with one attached hydrogen (secondary N) is 3. The molecule has 32 heavy (non-hydrogen) atoms. The van der Waals surface area contributed by atoms with Crippen LogP contribution in [-0.2, 0) is 10.0 Å². The van der Waals surface area contributed by atoms with Gasteiger partial charge >= 0.3 is 0 Å². The Morgan fingerprint density at radius 3 is 2.81 bits per heavy atom. The lowest BCUT2D eigenvalue weighted by molar-refractivity contribution is 0.102. The summed E-state index contributed by atoms with van der Waals surface area (Å²) in [5, 5.41) is 11.7. The minimum absolute atomic E-state index is 0.183. The maximum absolute atomic E-state index is 14.8. The molecule has 0 unspecified atom stereocenters. The first-order valence-corrected chi connectivity index (χ1v) is 12.8. The zero-order valence-corrected chi connectivity index (χ0v) is 19.0. The lowest BCUT2D eigenvalue weighted by atomic mass is 9.96. The third-order valence-electron chi connectivity index (χ3n) is 5.28. The first-order chi connectivity index (χ1) is 15.3. The van der Waals surface area contributed by atoms with Gasteiger partial charge in [-0.2, -0.15) is 5.10 Å². The van der Waals surface area contributed by atoms with Gasteiger partial charge in [-0.05, 0) is 30.9 Å². The summed E-state index contributed by atoms with van der Waals surface area (Å²) in [6.07, 6.45) is 5.88. The van der Waals surface area contributed by atoms with Gasteiger partial charge in [0.2, 0.25) is 10.0 Å². The van der Waals surface area contributed by atoms with Crippen molar-refractivity contribution in [2.45, 2.75) is 12.8 Å². The topological polar surface area (TPSA) is 120 Å². The van der Waals surface area contributed by atoms with E-state index in [4.69, 9.17) is 0 Å². The van der Waals surface area contributed by atoms with E-state index in [1.165, 1.54) is 17.4 Å². The number of anilines is 2. The van der Waals surface area contributed by atoms with Gasteiger partial charge in [0.15, 0.2) is 0 Å². The van der Waals surface area contributed by atoms with Gasteiger partial charge in [-0.3, -0.25) is 9.89 Å². The third kappa shape index (κ3) is 5.31. The van der Waals surface area contributed by atoms with Gasteiger partial charge in [0, 0.05) is 36.8 Å². The molecule has 0 bridgehead atoms. The normalized spacial score (nSPS) is 15.1. The molecule has 12 heteroatoms. The van der Waals surface area contributed by atoms with E-state index in [2.05, 4.69) is 25.2 Å². The highest BCUT2D eigenvalue weighted by atomic mass is 32.2. The summed E-state index contributed by atoms with van der Waals surface area (Å²) in [5.74, 6) is -0.662. The molecule has 1 amide bonds. The molecule has 4 rings (SSSR count). The lowest BCUT2D eigenvalue weighted by Gasteiger charge is -2.34. The fourth-order valence-electron chi connectivity index (χ4n) is 3.63. The molecule has 0 spiro atoms. The zero-order chi connectivity index (χ0) is 22.7. The second-order valence-corrected chi connectivity index (χ2v) is 10.4. The molecule has 2 aromatic heterocycles. The number of sulfonamides is 1. The number of para-hydroxylation sites is 1. The van der Waals surface area contributed by atoms with E-state index in [1.54, 1.807) is 29.9 Å². The number of hydrogen-bond acceptors (Lipinski definition) is 7. The van der Waals surface area contributed by atoms with Crippen molar-refractivity contribution in [1.29, 1.82) is 0 Å². The van der Waals surface area contributed by atoms with Crippen molar-refractivity contribution in [3.8, 4) is 10.6 Å². The smallest absolute Gasteiger partial charge is 0.275 e. The summed E-state index contributed by atoms with van der Waals surface area (Å²) in [6.45, 7) is 1.48. The minimum atomic E-state index is -3.24. The second-order valence-electron chi connectivity index (χ2n) is 7.67. The van der Waals surface area contributed by atoms with Crippen LogP contribution in [-0.4, -0.2) is 55.4 Å². The van der Waals surface area contributed by atoms with E-state index in [0.717, 1.165) is 11.8 Å². The summed E-state index contributed by atoms with van der Waals surface area (Å²) in [5.41, 5.74) is 1.74. The molecule has 9 nitrogen and oxygen atoms in total. The summed E-state index contributed by atoms with van der Waals surface area (Å²) in [4.78, 5) is 19.0. The van der Waals surface area contributed by atoms with Gasteiger partial charge in [0.25, 0.3) is 5.91 Å². The fraction of sp³-hybridized carbons (Fsp3) is 0.350. The van der Waals surface area contributed by atoms with Crippen molar-refractivity contribution in [1.82, 2.24) is 19.9 Å². The van der Waals surface area contributed by atoms with Gasteiger partial charge < -0.3 is 10.2 Å². The second kappa shape index (κ2) is 9.35. The molecular formula is C20H23FN6O3S2.